The fourth-order valence-corrected chi connectivity index (χ4v) is 3.53. The molecule has 170 valence electrons. The fraction of sp³-hybridized carbons (Fsp3) is 0.0800. The smallest absolute Gasteiger partial charge is 0.332 e. The number of urea groups is 1. The summed E-state index contributed by atoms with van der Waals surface area (Å²) < 4.78 is 20.7. The molecule has 2 N–H and O–H groups in total. The van der Waals surface area contributed by atoms with Crippen LogP contribution in [0.25, 0.3) is 11.0 Å². The molecule has 0 saturated carbocycles. The number of nitrogens with one attached hydrogen (secondary N) is 2. The van der Waals surface area contributed by atoms with Crippen molar-refractivity contribution in [1.82, 2.24) is 5.32 Å². The number of furan rings is 1. The molecular formula is C25H19FN4O3S. The van der Waals surface area contributed by atoms with E-state index in [-0.39, 0.29) is 16.8 Å². The Kier molecular flexibility index (Phi) is 6.52. The van der Waals surface area contributed by atoms with Gasteiger partial charge in [0.1, 0.15) is 23.2 Å². The number of para-hydroxylation sites is 1. The van der Waals surface area contributed by atoms with Gasteiger partial charge in [0.2, 0.25) is 0 Å². The minimum absolute atomic E-state index is 0.0828. The van der Waals surface area contributed by atoms with Gasteiger partial charge >= 0.3 is 6.03 Å². The van der Waals surface area contributed by atoms with Crippen LogP contribution in [0.3, 0.4) is 0 Å². The molecule has 0 aliphatic carbocycles. The molecule has 34 heavy (non-hydrogen) atoms. The number of hydrogen-bond acceptors (Lipinski definition) is 5. The number of amides is 3. The second kappa shape index (κ2) is 9.68. The quantitative estimate of drug-likeness (QED) is 0.318. The highest BCUT2D eigenvalue weighted by molar-refractivity contribution is 7.82. The number of benzene rings is 3. The molecule has 1 aromatic heterocycles. The summed E-state index contributed by atoms with van der Waals surface area (Å²) >= 11 is 4.26. The second-order valence-electron chi connectivity index (χ2n) is 7.45. The number of nitriles is 1. The predicted molar refractivity (Wildman–Crippen MR) is 130 cm³/mol. The van der Waals surface area contributed by atoms with E-state index in [1.807, 2.05) is 36.4 Å². The molecule has 0 fully saturated rings. The molecule has 0 saturated heterocycles. The van der Waals surface area contributed by atoms with E-state index in [2.05, 4.69) is 23.4 Å². The number of nitrogens with zero attached hydrogens (tertiary/aromatic N) is 2. The van der Waals surface area contributed by atoms with Gasteiger partial charge in [0.05, 0.1) is 28.5 Å². The molecule has 9 heteroatoms. The molecule has 0 aliphatic heterocycles. The van der Waals surface area contributed by atoms with Crippen molar-refractivity contribution < 1.29 is 18.4 Å². The van der Waals surface area contributed by atoms with Crippen molar-refractivity contribution >= 4 is 47.1 Å². The minimum Gasteiger partial charge on any atom is -0.459 e. The highest BCUT2D eigenvalue weighted by Gasteiger charge is 2.20. The highest BCUT2D eigenvalue weighted by Crippen LogP contribution is 2.27. The van der Waals surface area contributed by atoms with E-state index in [9.17, 15) is 19.2 Å². The molecule has 4 rings (SSSR count). The maximum Gasteiger partial charge on any atom is 0.332 e. The van der Waals surface area contributed by atoms with Gasteiger partial charge in [0.15, 0.2) is 0 Å². The van der Waals surface area contributed by atoms with Gasteiger partial charge in [-0.25, -0.2) is 13.5 Å². The zero-order chi connectivity index (χ0) is 24.2. The Morgan fingerprint density at radius 3 is 2.56 bits per heavy atom. The van der Waals surface area contributed by atoms with Gasteiger partial charge < -0.3 is 15.1 Å². The van der Waals surface area contributed by atoms with Crippen LogP contribution in [-0.4, -0.2) is 11.9 Å². The van der Waals surface area contributed by atoms with Crippen molar-refractivity contribution in [2.75, 3.05) is 9.62 Å². The van der Waals surface area contributed by atoms with Crippen LogP contribution in [0.15, 0.2) is 77.2 Å². The number of carbonyl (C=O) groups is 2. The number of fused-ring (bicyclic) bond motifs is 1. The highest BCUT2D eigenvalue weighted by atomic mass is 32.1. The summed E-state index contributed by atoms with van der Waals surface area (Å²) in [5.41, 5.74) is 1.13. The molecule has 0 bridgehead atoms. The SMILES string of the molecule is CC(NC(=O)N(S)c1ccc(NC(=O)c2ccccc2F)c(C#N)c1)c1cc2ccccc2o1. The van der Waals surface area contributed by atoms with Crippen molar-refractivity contribution in [3.05, 3.63) is 95.5 Å². The first-order chi connectivity index (χ1) is 16.4. The molecule has 3 amide bonds. The maximum atomic E-state index is 13.9. The second-order valence-corrected chi connectivity index (χ2v) is 7.85. The normalized spacial score (nSPS) is 11.5. The fourth-order valence-electron chi connectivity index (χ4n) is 3.35. The molecule has 7 nitrogen and oxygen atoms in total. The first-order valence-electron chi connectivity index (χ1n) is 10.3. The van der Waals surface area contributed by atoms with Crippen LogP contribution in [0.1, 0.15) is 34.6 Å². The standard InChI is InChI=1S/C25H19FN4O3S/c1-15(23-13-16-6-2-5-9-22(16)33-23)28-25(32)30(34)18-10-11-21(17(12-18)14-27)29-24(31)19-7-3-4-8-20(19)26/h2-13,15,34H,1H3,(H,28,32)(H,29,31). The van der Waals surface area contributed by atoms with E-state index in [1.165, 1.54) is 42.5 Å². The Labute approximate surface area is 200 Å². The van der Waals surface area contributed by atoms with Crippen molar-refractivity contribution in [2.45, 2.75) is 13.0 Å². The summed E-state index contributed by atoms with van der Waals surface area (Å²) in [5, 5.41) is 15.8. The molecular weight excluding hydrogens is 455 g/mol. The molecule has 0 aliphatic rings. The summed E-state index contributed by atoms with van der Waals surface area (Å²) in [5.74, 6) is -0.783. The Hall–Kier alpha value is -4.29. The third-order valence-corrected chi connectivity index (χ3v) is 5.55. The van der Waals surface area contributed by atoms with Gasteiger partial charge in [-0.3, -0.25) is 4.79 Å². The summed E-state index contributed by atoms with van der Waals surface area (Å²) in [7, 11) is 0. The molecule has 0 spiro atoms. The van der Waals surface area contributed by atoms with E-state index in [1.54, 1.807) is 6.92 Å². The van der Waals surface area contributed by atoms with E-state index >= 15 is 0 Å². The number of carbonyl (C=O) groups excluding carboxylic acids is 2. The van der Waals surface area contributed by atoms with Crippen LogP contribution in [0.5, 0.6) is 0 Å². The van der Waals surface area contributed by atoms with Crippen LogP contribution in [0, 0.1) is 17.1 Å². The van der Waals surface area contributed by atoms with Gasteiger partial charge in [0.25, 0.3) is 5.91 Å². The number of hydrogen-bond donors (Lipinski definition) is 3. The number of thiol groups is 1. The van der Waals surface area contributed by atoms with Gasteiger partial charge in [0, 0.05) is 5.39 Å². The van der Waals surface area contributed by atoms with E-state index in [0.29, 0.717) is 17.0 Å². The van der Waals surface area contributed by atoms with Crippen molar-refractivity contribution in [3.8, 4) is 6.07 Å². The first kappa shape index (κ1) is 22.9. The Balaban J connectivity index is 1.47. The summed E-state index contributed by atoms with van der Waals surface area (Å²) in [6.07, 6.45) is 0. The monoisotopic (exact) mass is 474 g/mol. The zero-order valence-electron chi connectivity index (χ0n) is 17.9. The molecule has 1 atom stereocenters. The van der Waals surface area contributed by atoms with E-state index < -0.39 is 23.8 Å². The molecule has 1 unspecified atom stereocenters. The van der Waals surface area contributed by atoms with Crippen LogP contribution in [0.2, 0.25) is 0 Å². The van der Waals surface area contributed by atoms with Crippen LogP contribution in [0.4, 0.5) is 20.6 Å². The molecule has 3 aromatic carbocycles. The molecule has 1 heterocycles. The van der Waals surface area contributed by atoms with E-state index in [4.69, 9.17) is 4.42 Å². The summed E-state index contributed by atoms with van der Waals surface area (Å²) in [4.78, 5) is 25.1. The maximum absolute atomic E-state index is 13.9. The van der Waals surface area contributed by atoms with E-state index in [0.717, 1.165) is 9.69 Å². The molecule has 4 aromatic rings. The first-order valence-corrected chi connectivity index (χ1v) is 10.7. The Morgan fingerprint density at radius 2 is 1.82 bits per heavy atom. The lowest BCUT2D eigenvalue weighted by Crippen LogP contribution is -2.35. The number of anilines is 2. The topological polar surface area (TPSA) is 98.4 Å². The van der Waals surface area contributed by atoms with Crippen LogP contribution >= 0.6 is 12.8 Å². The zero-order valence-corrected chi connectivity index (χ0v) is 18.8. The average Bonchev–Trinajstić information content (AvgIpc) is 3.28. The largest absolute Gasteiger partial charge is 0.459 e. The van der Waals surface area contributed by atoms with Crippen molar-refractivity contribution in [2.24, 2.45) is 0 Å². The third kappa shape index (κ3) is 4.72. The van der Waals surface area contributed by atoms with Gasteiger partial charge in [-0.2, -0.15) is 5.26 Å². The average molecular weight is 475 g/mol. The van der Waals surface area contributed by atoms with Crippen molar-refractivity contribution in [3.63, 3.8) is 0 Å². The minimum atomic E-state index is -0.692. The third-order valence-electron chi connectivity index (χ3n) is 5.14. The Morgan fingerprint density at radius 1 is 1.09 bits per heavy atom. The lowest BCUT2D eigenvalue weighted by molar-refractivity contribution is 0.102. The summed E-state index contributed by atoms with van der Waals surface area (Å²) in [6, 6.07) is 20.2. The number of rotatable bonds is 5. The van der Waals surface area contributed by atoms with Gasteiger partial charge in [-0.05, 0) is 49.4 Å². The predicted octanol–water partition coefficient (Wildman–Crippen LogP) is 5.82. The van der Waals surface area contributed by atoms with Crippen molar-refractivity contribution in [1.29, 1.82) is 5.26 Å². The van der Waals surface area contributed by atoms with Crippen LogP contribution < -0.4 is 14.9 Å². The Bertz CT molecular complexity index is 1400. The van der Waals surface area contributed by atoms with Crippen LogP contribution in [-0.2, 0) is 0 Å². The van der Waals surface area contributed by atoms with Gasteiger partial charge in [-0.1, -0.05) is 43.1 Å². The lowest BCUT2D eigenvalue weighted by atomic mass is 10.1. The summed E-state index contributed by atoms with van der Waals surface area (Å²) in [6.45, 7) is 1.78. The lowest BCUT2D eigenvalue weighted by Gasteiger charge is -2.20. The molecule has 0 radical (unpaired) electrons. The number of halogens is 1. The van der Waals surface area contributed by atoms with Gasteiger partial charge in [-0.15, -0.1) is 0 Å².